The van der Waals surface area contributed by atoms with Gasteiger partial charge in [-0.3, -0.25) is 5.32 Å². The molecule has 0 aromatic carbocycles. The van der Waals surface area contributed by atoms with E-state index < -0.39 is 17.9 Å². The van der Waals surface area contributed by atoms with Gasteiger partial charge < -0.3 is 15.3 Å². The average molecular weight is 159 g/mol. The third-order valence-electron chi connectivity index (χ3n) is 2.71. The van der Waals surface area contributed by atoms with E-state index in [0.717, 1.165) is 6.42 Å². The molecule has 11 heavy (non-hydrogen) atoms. The Morgan fingerprint density at radius 3 is 2.82 bits per heavy atom. The molecule has 0 amide bonds. The lowest BCUT2D eigenvalue weighted by atomic mass is 9.96. The van der Waals surface area contributed by atoms with Gasteiger partial charge in [-0.05, 0) is 19.3 Å². The van der Waals surface area contributed by atoms with Gasteiger partial charge in [0.1, 0.15) is 11.8 Å². The maximum absolute atomic E-state index is 9.64. The third kappa shape index (κ3) is 0.980. The molecule has 0 radical (unpaired) electrons. The summed E-state index contributed by atoms with van der Waals surface area (Å²) in [7, 11) is 0. The zero-order chi connectivity index (χ0) is 8.06. The average Bonchev–Trinajstić information content (AvgIpc) is 2.27. The minimum absolute atomic E-state index is 0.179. The molecule has 0 saturated carbocycles. The lowest BCUT2D eigenvalue weighted by Gasteiger charge is -2.37. The monoisotopic (exact) mass is 159 g/mol. The molecule has 2 rings (SSSR count). The molecule has 64 valence electrons. The van der Waals surface area contributed by atoms with Gasteiger partial charge in [-0.15, -0.1) is 0 Å². The van der Waals surface area contributed by atoms with Crippen molar-refractivity contribution in [2.45, 2.75) is 43.2 Å². The van der Waals surface area contributed by atoms with E-state index in [0.29, 0.717) is 12.8 Å². The van der Waals surface area contributed by atoms with Crippen molar-refractivity contribution in [1.82, 2.24) is 5.32 Å². The highest BCUT2D eigenvalue weighted by Crippen LogP contribution is 2.33. The van der Waals surface area contributed by atoms with E-state index >= 15 is 0 Å². The minimum atomic E-state index is -1.22. The Morgan fingerprint density at radius 1 is 1.36 bits per heavy atom. The first-order valence-corrected chi connectivity index (χ1v) is 3.98. The number of hydrogen-bond acceptors (Lipinski definition) is 4. The molecule has 4 nitrogen and oxygen atoms in total. The van der Waals surface area contributed by atoms with Crippen LogP contribution >= 0.6 is 0 Å². The highest BCUT2D eigenvalue weighted by atomic mass is 16.4. The summed E-state index contributed by atoms with van der Waals surface area (Å²) in [5, 5.41) is 31.2. The van der Waals surface area contributed by atoms with Crippen LogP contribution in [0.1, 0.15) is 19.3 Å². The van der Waals surface area contributed by atoms with Gasteiger partial charge in [0, 0.05) is 6.04 Å². The Balaban J connectivity index is 2.21. The summed E-state index contributed by atoms with van der Waals surface area (Å²) in [5.41, 5.74) is -1.22. The predicted molar refractivity (Wildman–Crippen MR) is 37.7 cm³/mol. The highest BCUT2D eigenvalue weighted by Gasteiger charge is 2.50. The van der Waals surface area contributed by atoms with Gasteiger partial charge in [0.2, 0.25) is 0 Å². The van der Waals surface area contributed by atoms with Crippen LogP contribution in [0.5, 0.6) is 0 Å². The third-order valence-corrected chi connectivity index (χ3v) is 2.71. The fraction of sp³-hybridized carbons (Fsp3) is 1.00. The normalized spacial score (nSPS) is 56.5. The standard InChI is InChI=1S/C7H13NO3/c9-5-3-4-1-2-7(11,8-4)6(5)10/h4-6,8-11H,1-3H2/t4-,5-,6+,7+/m0/s1. The van der Waals surface area contributed by atoms with Gasteiger partial charge in [0.25, 0.3) is 0 Å². The van der Waals surface area contributed by atoms with Crippen molar-refractivity contribution < 1.29 is 15.3 Å². The molecule has 4 atom stereocenters. The molecule has 2 bridgehead atoms. The Morgan fingerprint density at radius 2 is 2.09 bits per heavy atom. The molecule has 0 aliphatic carbocycles. The SMILES string of the molecule is O[C@@H]1[C@@H](O)C[C@@H]2CC[C@]1(O)N2. The first-order chi connectivity index (χ1) is 5.12. The van der Waals surface area contributed by atoms with E-state index in [2.05, 4.69) is 5.32 Å². The van der Waals surface area contributed by atoms with Crippen LogP contribution < -0.4 is 5.32 Å². The molecule has 0 unspecified atom stereocenters. The molecule has 0 aromatic rings. The second-order valence-electron chi connectivity index (χ2n) is 3.55. The number of rotatable bonds is 0. The van der Waals surface area contributed by atoms with Crippen LogP contribution in [0, 0.1) is 0 Å². The van der Waals surface area contributed by atoms with Crippen molar-refractivity contribution in [3.8, 4) is 0 Å². The molecular weight excluding hydrogens is 146 g/mol. The van der Waals surface area contributed by atoms with Crippen molar-refractivity contribution in [3.63, 3.8) is 0 Å². The first kappa shape index (κ1) is 7.49. The minimum Gasteiger partial charge on any atom is -0.390 e. The zero-order valence-corrected chi connectivity index (χ0v) is 6.20. The Hall–Kier alpha value is -0.160. The summed E-state index contributed by atoms with van der Waals surface area (Å²) >= 11 is 0. The molecule has 2 fully saturated rings. The topological polar surface area (TPSA) is 72.7 Å². The van der Waals surface area contributed by atoms with Crippen LogP contribution in [0.15, 0.2) is 0 Å². The van der Waals surface area contributed by atoms with E-state index in [4.69, 9.17) is 0 Å². The molecule has 4 N–H and O–H groups in total. The van der Waals surface area contributed by atoms with Crippen LogP contribution in [0.2, 0.25) is 0 Å². The summed E-state index contributed by atoms with van der Waals surface area (Å²) in [5.74, 6) is 0. The van der Waals surface area contributed by atoms with Gasteiger partial charge in [-0.2, -0.15) is 0 Å². The van der Waals surface area contributed by atoms with Crippen LogP contribution in [-0.4, -0.2) is 39.3 Å². The van der Waals surface area contributed by atoms with Crippen LogP contribution in [-0.2, 0) is 0 Å². The predicted octanol–water partition coefficient (Wildman–Crippen LogP) is -1.45. The van der Waals surface area contributed by atoms with E-state index in [-0.39, 0.29) is 6.04 Å². The highest BCUT2D eigenvalue weighted by molar-refractivity contribution is 5.02. The quantitative estimate of drug-likeness (QED) is 0.349. The van der Waals surface area contributed by atoms with E-state index in [1.54, 1.807) is 0 Å². The van der Waals surface area contributed by atoms with Crippen LogP contribution in [0.3, 0.4) is 0 Å². The van der Waals surface area contributed by atoms with E-state index in [1.807, 2.05) is 0 Å². The van der Waals surface area contributed by atoms with Crippen molar-refractivity contribution in [2.24, 2.45) is 0 Å². The number of piperidine rings is 1. The van der Waals surface area contributed by atoms with Gasteiger partial charge >= 0.3 is 0 Å². The number of aliphatic hydroxyl groups excluding tert-OH is 2. The number of hydrogen-bond donors (Lipinski definition) is 4. The second-order valence-corrected chi connectivity index (χ2v) is 3.55. The Bertz CT molecular complexity index is 175. The van der Waals surface area contributed by atoms with Gasteiger partial charge in [-0.1, -0.05) is 0 Å². The summed E-state index contributed by atoms with van der Waals surface area (Å²) in [6.07, 6.45) is 0.124. The summed E-state index contributed by atoms with van der Waals surface area (Å²) in [6, 6.07) is 0.179. The van der Waals surface area contributed by atoms with Crippen LogP contribution in [0.25, 0.3) is 0 Å². The molecule has 2 aliphatic rings. The fourth-order valence-electron chi connectivity index (χ4n) is 2.04. The Kier molecular flexibility index (Phi) is 1.47. The summed E-state index contributed by atoms with van der Waals surface area (Å²) in [6.45, 7) is 0. The van der Waals surface area contributed by atoms with Crippen molar-refractivity contribution >= 4 is 0 Å². The van der Waals surface area contributed by atoms with E-state index in [9.17, 15) is 15.3 Å². The zero-order valence-electron chi connectivity index (χ0n) is 6.20. The van der Waals surface area contributed by atoms with Crippen molar-refractivity contribution in [3.05, 3.63) is 0 Å². The molecule has 4 heteroatoms. The van der Waals surface area contributed by atoms with Gasteiger partial charge in [-0.25, -0.2) is 0 Å². The Labute approximate surface area is 64.8 Å². The smallest absolute Gasteiger partial charge is 0.144 e. The van der Waals surface area contributed by atoms with Gasteiger partial charge in [0.05, 0.1) is 6.10 Å². The molecular formula is C7H13NO3. The molecule has 2 aliphatic heterocycles. The number of aliphatic hydroxyl groups is 3. The van der Waals surface area contributed by atoms with E-state index in [1.165, 1.54) is 0 Å². The summed E-state index contributed by atoms with van der Waals surface area (Å²) in [4.78, 5) is 0. The van der Waals surface area contributed by atoms with Crippen molar-refractivity contribution in [1.29, 1.82) is 0 Å². The second kappa shape index (κ2) is 2.17. The summed E-state index contributed by atoms with van der Waals surface area (Å²) < 4.78 is 0. The maximum Gasteiger partial charge on any atom is 0.144 e. The number of fused-ring (bicyclic) bond motifs is 2. The lowest BCUT2D eigenvalue weighted by Crippen LogP contribution is -2.61. The number of nitrogens with one attached hydrogen (secondary N) is 1. The largest absolute Gasteiger partial charge is 0.390 e. The molecule has 0 spiro atoms. The maximum atomic E-state index is 9.64. The molecule has 2 heterocycles. The first-order valence-electron chi connectivity index (χ1n) is 3.98. The van der Waals surface area contributed by atoms with Gasteiger partial charge in [0.15, 0.2) is 0 Å². The molecule has 0 aromatic heterocycles. The lowest BCUT2D eigenvalue weighted by molar-refractivity contribution is -0.153. The fourth-order valence-corrected chi connectivity index (χ4v) is 2.04. The van der Waals surface area contributed by atoms with Crippen molar-refractivity contribution in [2.75, 3.05) is 0 Å². The molecule has 2 saturated heterocycles. The van der Waals surface area contributed by atoms with Crippen LogP contribution in [0.4, 0.5) is 0 Å².